The Morgan fingerprint density at radius 1 is 0.896 bits per heavy atom. The molecule has 3 aromatic carbocycles. The third-order valence-electron chi connectivity index (χ3n) is 8.45. The zero-order valence-electron chi connectivity index (χ0n) is 28.7. The lowest BCUT2D eigenvalue weighted by molar-refractivity contribution is -0.112. The molecule has 1 aliphatic rings. The van der Waals surface area contributed by atoms with Gasteiger partial charge in [0.2, 0.25) is 0 Å². The minimum absolute atomic E-state index is 0.0423. The molecule has 7 nitrogen and oxygen atoms in total. The Balaban J connectivity index is 1.27. The lowest BCUT2D eigenvalue weighted by atomic mass is 9.96. The zero-order chi connectivity index (χ0) is 33.6. The summed E-state index contributed by atoms with van der Waals surface area (Å²) < 4.78 is 13.7. The van der Waals surface area contributed by atoms with E-state index in [-0.39, 0.29) is 5.91 Å². The smallest absolute Gasteiger partial charge is 0.251 e. The van der Waals surface area contributed by atoms with Gasteiger partial charge in [-0.15, -0.1) is 11.8 Å². The van der Waals surface area contributed by atoms with Crippen LogP contribution in [0.2, 0.25) is 0 Å². The normalized spacial score (nSPS) is 14.1. The average molecular weight is 667 g/mol. The molecule has 0 fully saturated rings. The first kappa shape index (κ1) is 35.3. The van der Waals surface area contributed by atoms with E-state index in [9.17, 15) is 4.79 Å². The van der Waals surface area contributed by atoms with E-state index in [2.05, 4.69) is 89.1 Å². The van der Waals surface area contributed by atoms with E-state index < -0.39 is 0 Å². The number of imidazole rings is 1. The number of aryl methyl sites for hydroxylation is 1. The van der Waals surface area contributed by atoms with Crippen molar-refractivity contribution in [1.82, 2.24) is 9.55 Å². The van der Waals surface area contributed by atoms with Gasteiger partial charge >= 0.3 is 0 Å². The molecule has 0 saturated carbocycles. The molecule has 0 unspecified atom stereocenters. The SMILES string of the molecule is CCCCOCCOc1ccc(-c2ccc3c(c2)/C=C(/C(=O)Nc2ccc(SCc4cncn4CCC)cc2)CCCN3CCC)cc1. The van der Waals surface area contributed by atoms with Crippen molar-refractivity contribution in [2.24, 2.45) is 0 Å². The van der Waals surface area contributed by atoms with Gasteiger partial charge in [0.1, 0.15) is 12.4 Å². The van der Waals surface area contributed by atoms with Gasteiger partial charge in [0.25, 0.3) is 5.91 Å². The number of amides is 1. The van der Waals surface area contributed by atoms with Crippen molar-refractivity contribution in [2.45, 2.75) is 76.5 Å². The van der Waals surface area contributed by atoms with E-state index in [1.54, 1.807) is 11.8 Å². The van der Waals surface area contributed by atoms with Crippen LogP contribution in [0.3, 0.4) is 0 Å². The summed E-state index contributed by atoms with van der Waals surface area (Å²) >= 11 is 1.78. The summed E-state index contributed by atoms with van der Waals surface area (Å²) in [7, 11) is 0. The van der Waals surface area contributed by atoms with Gasteiger partial charge in [0.05, 0.1) is 12.9 Å². The third kappa shape index (κ3) is 10.0. The van der Waals surface area contributed by atoms with Crippen LogP contribution >= 0.6 is 11.8 Å². The molecule has 1 aliphatic heterocycles. The highest BCUT2D eigenvalue weighted by Gasteiger charge is 2.19. The van der Waals surface area contributed by atoms with Crippen molar-refractivity contribution < 1.29 is 14.3 Å². The van der Waals surface area contributed by atoms with Crippen LogP contribution in [0.15, 0.2) is 89.7 Å². The number of fused-ring (bicyclic) bond motifs is 1. The summed E-state index contributed by atoms with van der Waals surface area (Å²) in [5, 5.41) is 3.17. The first-order valence-corrected chi connectivity index (χ1v) is 18.5. The van der Waals surface area contributed by atoms with E-state index in [4.69, 9.17) is 9.47 Å². The number of unbranched alkanes of at least 4 members (excludes halogenated alkanes) is 1. The molecule has 5 rings (SSSR count). The molecule has 48 heavy (non-hydrogen) atoms. The van der Waals surface area contributed by atoms with Crippen LogP contribution in [-0.4, -0.2) is 48.4 Å². The summed E-state index contributed by atoms with van der Waals surface area (Å²) in [6.45, 7) is 11.4. The zero-order valence-corrected chi connectivity index (χ0v) is 29.6. The van der Waals surface area contributed by atoms with E-state index in [0.29, 0.717) is 13.2 Å². The number of anilines is 2. The monoisotopic (exact) mass is 666 g/mol. The van der Waals surface area contributed by atoms with Gasteiger partial charge in [-0.05, 0) is 103 Å². The fourth-order valence-electron chi connectivity index (χ4n) is 5.88. The first-order valence-electron chi connectivity index (χ1n) is 17.5. The molecule has 254 valence electrons. The van der Waals surface area contributed by atoms with Gasteiger partial charge < -0.3 is 24.3 Å². The molecule has 0 aliphatic carbocycles. The van der Waals surface area contributed by atoms with Gasteiger partial charge in [0, 0.05) is 65.7 Å². The number of hydrogen-bond acceptors (Lipinski definition) is 6. The fraction of sp³-hybridized carbons (Fsp3) is 0.400. The van der Waals surface area contributed by atoms with Crippen LogP contribution in [0.1, 0.15) is 70.6 Å². The highest BCUT2D eigenvalue weighted by Crippen LogP contribution is 2.33. The fourth-order valence-corrected chi connectivity index (χ4v) is 6.77. The number of aromatic nitrogens is 2. The molecule has 2 heterocycles. The number of benzene rings is 3. The quantitative estimate of drug-likeness (QED) is 0.0895. The second-order valence-corrected chi connectivity index (χ2v) is 13.3. The molecule has 0 atom stereocenters. The number of rotatable bonds is 17. The molecular weight excluding hydrogens is 617 g/mol. The van der Waals surface area contributed by atoms with Crippen LogP contribution in [-0.2, 0) is 21.8 Å². The van der Waals surface area contributed by atoms with Crippen molar-refractivity contribution in [1.29, 1.82) is 0 Å². The lowest BCUT2D eigenvalue weighted by Crippen LogP contribution is -2.28. The molecule has 0 spiro atoms. The molecular formula is C40H50N4O3S. The predicted molar refractivity (Wildman–Crippen MR) is 200 cm³/mol. The van der Waals surface area contributed by atoms with Crippen LogP contribution in [0.4, 0.5) is 11.4 Å². The number of hydrogen-bond donors (Lipinski definition) is 1. The maximum absolute atomic E-state index is 13.6. The minimum Gasteiger partial charge on any atom is -0.491 e. The Morgan fingerprint density at radius 2 is 1.69 bits per heavy atom. The lowest BCUT2D eigenvalue weighted by Gasteiger charge is -2.29. The highest BCUT2D eigenvalue weighted by atomic mass is 32.2. The Bertz CT molecular complexity index is 1610. The largest absolute Gasteiger partial charge is 0.491 e. The van der Waals surface area contributed by atoms with Crippen molar-refractivity contribution in [3.8, 4) is 16.9 Å². The number of carbonyl (C=O) groups is 1. The Morgan fingerprint density at radius 3 is 2.46 bits per heavy atom. The van der Waals surface area contributed by atoms with Crippen LogP contribution in [0.5, 0.6) is 5.75 Å². The van der Waals surface area contributed by atoms with Gasteiger partial charge in [-0.2, -0.15) is 0 Å². The van der Waals surface area contributed by atoms with E-state index in [1.165, 1.54) is 11.4 Å². The number of carbonyl (C=O) groups excluding carboxylic acids is 1. The van der Waals surface area contributed by atoms with Gasteiger partial charge in [0.15, 0.2) is 0 Å². The molecule has 0 bridgehead atoms. The van der Waals surface area contributed by atoms with Gasteiger partial charge in [-0.25, -0.2) is 4.98 Å². The molecule has 1 N–H and O–H groups in total. The third-order valence-corrected chi connectivity index (χ3v) is 9.49. The van der Waals surface area contributed by atoms with E-state index in [0.717, 1.165) is 109 Å². The Kier molecular flexibility index (Phi) is 13.6. The maximum Gasteiger partial charge on any atom is 0.251 e. The van der Waals surface area contributed by atoms with E-state index in [1.807, 2.05) is 36.8 Å². The Hall–Kier alpha value is -4.01. The van der Waals surface area contributed by atoms with Gasteiger partial charge in [-0.1, -0.05) is 45.4 Å². The number of nitrogens with zero attached hydrogens (tertiary/aromatic N) is 3. The standard InChI is InChI=1S/C40H50N4O3S/c1-4-7-23-46-24-25-47-37-15-10-31(11-16-37)32-12-19-39-34(26-32)27-33(9-8-22-43(39)20-5-2)40(45)42-35-13-17-38(18-14-35)48-29-36-28-41-30-44(36)21-6-3/h10-19,26-28,30H,4-9,20-25,29H2,1-3H3,(H,42,45)/b33-27+. The van der Waals surface area contributed by atoms with Crippen molar-refractivity contribution in [3.63, 3.8) is 0 Å². The van der Waals surface area contributed by atoms with Gasteiger partial charge in [-0.3, -0.25) is 4.79 Å². The maximum atomic E-state index is 13.6. The van der Waals surface area contributed by atoms with Crippen LogP contribution in [0, 0.1) is 0 Å². The first-order chi connectivity index (χ1) is 23.6. The number of nitrogens with one attached hydrogen (secondary N) is 1. The topological polar surface area (TPSA) is 68.6 Å². The van der Waals surface area contributed by atoms with Crippen molar-refractivity contribution in [2.75, 3.05) is 43.1 Å². The minimum atomic E-state index is -0.0423. The summed E-state index contributed by atoms with van der Waals surface area (Å²) in [4.78, 5) is 21.6. The number of ether oxygens (including phenoxy) is 2. The summed E-state index contributed by atoms with van der Waals surface area (Å²) in [6.07, 6.45) is 12.0. The molecule has 4 aromatic rings. The second-order valence-electron chi connectivity index (χ2n) is 12.2. The summed E-state index contributed by atoms with van der Waals surface area (Å²) in [6, 6.07) is 23.0. The average Bonchev–Trinajstić information content (AvgIpc) is 3.55. The van der Waals surface area contributed by atoms with Crippen LogP contribution < -0.4 is 15.0 Å². The summed E-state index contributed by atoms with van der Waals surface area (Å²) in [5.74, 6) is 1.66. The Labute approximate surface area is 290 Å². The number of thioether (sulfide) groups is 1. The molecule has 8 heteroatoms. The highest BCUT2D eigenvalue weighted by molar-refractivity contribution is 7.98. The molecule has 1 amide bonds. The van der Waals surface area contributed by atoms with Crippen LogP contribution in [0.25, 0.3) is 17.2 Å². The molecule has 0 radical (unpaired) electrons. The molecule has 0 saturated heterocycles. The second kappa shape index (κ2) is 18.5. The predicted octanol–water partition coefficient (Wildman–Crippen LogP) is 9.48. The van der Waals surface area contributed by atoms with Crippen molar-refractivity contribution in [3.05, 3.63) is 96.1 Å². The van der Waals surface area contributed by atoms with Crippen molar-refractivity contribution >= 4 is 35.1 Å². The molecule has 1 aromatic heterocycles. The van der Waals surface area contributed by atoms with E-state index >= 15 is 0 Å². The summed E-state index contributed by atoms with van der Waals surface area (Å²) in [5.41, 5.74) is 7.31.